The molecule has 1 aromatic carbocycles. The van der Waals surface area contributed by atoms with E-state index < -0.39 is 0 Å². The summed E-state index contributed by atoms with van der Waals surface area (Å²) in [7, 11) is 0. The van der Waals surface area contributed by atoms with Crippen LogP contribution in [0.15, 0.2) is 30.8 Å². The molecule has 0 atom stereocenters. The Bertz CT molecular complexity index is 410. The van der Waals surface area contributed by atoms with Crippen LogP contribution in [0.1, 0.15) is 45.7 Å². The van der Waals surface area contributed by atoms with Crippen molar-refractivity contribution in [3.8, 4) is 0 Å². The van der Waals surface area contributed by atoms with E-state index in [0.717, 1.165) is 11.1 Å². The van der Waals surface area contributed by atoms with Crippen molar-refractivity contribution in [3.05, 3.63) is 42.0 Å². The Balaban J connectivity index is 3.11. The largest absolute Gasteiger partial charge is 0.349 e. The van der Waals surface area contributed by atoms with Gasteiger partial charge in [-0.2, -0.15) is 0 Å². The molecule has 0 N–H and O–H groups in total. The van der Waals surface area contributed by atoms with Gasteiger partial charge in [-0.25, -0.2) is 0 Å². The average Bonchev–Trinajstić information content (AvgIpc) is 2.37. The Morgan fingerprint density at radius 1 is 1.11 bits per heavy atom. The van der Waals surface area contributed by atoms with E-state index in [0.29, 0.717) is 13.2 Å². The zero-order valence-electron chi connectivity index (χ0n) is 12.8. The Hall–Kier alpha value is -1.12. The third-order valence-corrected chi connectivity index (χ3v) is 3.00. The first-order chi connectivity index (χ1) is 8.91. The van der Waals surface area contributed by atoms with Crippen LogP contribution >= 0.6 is 0 Å². The highest BCUT2D eigenvalue weighted by Gasteiger charge is 2.22. The molecule has 0 fully saturated rings. The summed E-state index contributed by atoms with van der Waals surface area (Å²) >= 11 is 0. The van der Waals surface area contributed by atoms with Gasteiger partial charge < -0.3 is 9.47 Å². The molecule has 0 saturated carbocycles. The summed E-state index contributed by atoms with van der Waals surface area (Å²) in [5.41, 5.74) is 3.36. The van der Waals surface area contributed by atoms with Gasteiger partial charge in [-0.15, -0.1) is 0 Å². The topological polar surface area (TPSA) is 18.5 Å². The molecular formula is C17H26O2. The molecule has 0 aliphatic heterocycles. The molecule has 0 aliphatic rings. The summed E-state index contributed by atoms with van der Waals surface area (Å²) in [6, 6.07) is 8.34. The summed E-state index contributed by atoms with van der Waals surface area (Å²) in [4.78, 5) is 0. The number of ether oxygens (including phenoxy) is 2. The summed E-state index contributed by atoms with van der Waals surface area (Å²) in [5.74, 6) is 0. The van der Waals surface area contributed by atoms with Crippen LogP contribution in [0.4, 0.5) is 0 Å². The van der Waals surface area contributed by atoms with E-state index in [9.17, 15) is 0 Å². The smallest absolute Gasteiger partial charge is 0.183 e. The summed E-state index contributed by atoms with van der Waals surface area (Å²) < 4.78 is 11.3. The number of hydrogen-bond acceptors (Lipinski definition) is 2. The zero-order chi connectivity index (χ0) is 14.5. The molecule has 0 aromatic heterocycles. The molecular weight excluding hydrogens is 236 g/mol. The fourth-order valence-electron chi connectivity index (χ4n) is 2.10. The van der Waals surface area contributed by atoms with Gasteiger partial charge >= 0.3 is 0 Å². The maximum atomic E-state index is 5.64. The molecule has 0 spiro atoms. The normalized spacial score (nSPS) is 11.9. The number of hydrogen-bond donors (Lipinski definition) is 0. The molecule has 1 aromatic rings. The second-order valence-electron chi connectivity index (χ2n) is 5.56. The van der Waals surface area contributed by atoms with Crippen molar-refractivity contribution in [1.82, 2.24) is 0 Å². The molecule has 2 heteroatoms. The molecule has 1 rings (SSSR count). The first-order valence-electron chi connectivity index (χ1n) is 6.93. The fourth-order valence-corrected chi connectivity index (χ4v) is 2.10. The van der Waals surface area contributed by atoms with Gasteiger partial charge in [0.1, 0.15) is 0 Å². The minimum atomic E-state index is -0.363. The second-order valence-corrected chi connectivity index (χ2v) is 5.56. The lowest BCUT2D eigenvalue weighted by Gasteiger charge is -2.26. The van der Waals surface area contributed by atoms with Crippen LogP contribution in [0.5, 0.6) is 0 Å². The molecule has 106 valence electrons. The van der Waals surface area contributed by atoms with Crippen molar-refractivity contribution in [2.75, 3.05) is 13.2 Å². The first-order valence-corrected chi connectivity index (χ1v) is 6.93. The lowest BCUT2D eigenvalue weighted by atomic mass is 9.82. The van der Waals surface area contributed by atoms with Crippen molar-refractivity contribution in [1.29, 1.82) is 0 Å². The van der Waals surface area contributed by atoms with E-state index in [1.165, 1.54) is 5.56 Å². The van der Waals surface area contributed by atoms with Crippen LogP contribution in [0, 0.1) is 0 Å². The third-order valence-electron chi connectivity index (χ3n) is 3.00. The van der Waals surface area contributed by atoms with Crippen molar-refractivity contribution in [2.45, 2.75) is 46.3 Å². The highest BCUT2D eigenvalue weighted by Crippen LogP contribution is 2.31. The maximum Gasteiger partial charge on any atom is 0.183 e. The van der Waals surface area contributed by atoms with E-state index in [-0.39, 0.29) is 11.7 Å². The fraction of sp³-hybridized carbons (Fsp3) is 0.529. The molecule has 0 radical (unpaired) electrons. The number of rotatable bonds is 6. The monoisotopic (exact) mass is 262 g/mol. The Labute approximate surface area is 117 Å². The average molecular weight is 262 g/mol. The predicted octanol–water partition coefficient (Wildman–Crippen LogP) is 4.40. The number of benzene rings is 1. The molecule has 0 bridgehead atoms. The quantitative estimate of drug-likeness (QED) is 0.708. The lowest BCUT2D eigenvalue weighted by Crippen LogP contribution is -2.21. The highest BCUT2D eigenvalue weighted by molar-refractivity contribution is 5.69. The first kappa shape index (κ1) is 15.9. The van der Waals surface area contributed by atoms with Crippen LogP contribution in [0.2, 0.25) is 0 Å². The minimum Gasteiger partial charge on any atom is -0.349 e. The minimum absolute atomic E-state index is 0.0719. The Kier molecular flexibility index (Phi) is 5.77. The van der Waals surface area contributed by atoms with Crippen LogP contribution in [0.3, 0.4) is 0 Å². The van der Waals surface area contributed by atoms with Crippen LogP contribution in [0.25, 0.3) is 5.57 Å². The standard InChI is InChI=1S/C17H26O2/c1-7-18-16(19-8-2)13(3)14-11-9-10-12-15(14)17(4,5)6/h9-12,16H,3,7-8H2,1-2,4-6H3. The lowest BCUT2D eigenvalue weighted by molar-refractivity contribution is -0.0963. The van der Waals surface area contributed by atoms with Crippen molar-refractivity contribution >= 4 is 5.57 Å². The molecule has 0 unspecified atom stereocenters. The zero-order valence-corrected chi connectivity index (χ0v) is 12.8. The highest BCUT2D eigenvalue weighted by atomic mass is 16.7. The maximum absolute atomic E-state index is 5.64. The second kappa shape index (κ2) is 6.88. The summed E-state index contributed by atoms with van der Waals surface area (Å²) in [6.45, 7) is 16.0. The molecule has 2 nitrogen and oxygen atoms in total. The van der Waals surface area contributed by atoms with Gasteiger partial charge in [0.15, 0.2) is 6.29 Å². The van der Waals surface area contributed by atoms with Gasteiger partial charge in [0.2, 0.25) is 0 Å². The molecule has 0 heterocycles. The van der Waals surface area contributed by atoms with E-state index in [4.69, 9.17) is 9.47 Å². The molecule has 0 aliphatic carbocycles. The van der Waals surface area contributed by atoms with E-state index >= 15 is 0 Å². The molecule has 0 amide bonds. The third kappa shape index (κ3) is 4.19. The van der Waals surface area contributed by atoms with Crippen molar-refractivity contribution in [3.63, 3.8) is 0 Å². The summed E-state index contributed by atoms with van der Waals surface area (Å²) in [6.07, 6.45) is -0.363. The predicted molar refractivity (Wildman–Crippen MR) is 81.2 cm³/mol. The van der Waals surface area contributed by atoms with E-state index in [1.807, 2.05) is 19.9 Å². The van der Waals surface area contributed by atoms with Gasteiger partial charge in [-0.3, -0.25) is 0 Å². The summed E-state index contributed by atoms with van der Waals surface area (Å²) in [5, 5.41) is 0. The van der Waals surface area contributed by atoms with Gasteiger partial charge in [0.25, 0.3) is 0 Å². The Morgan fingerprint density at radius 3 is 2.11 bits per heavy atom. The SMILES string of the molecule is C=C(c1ccccc1C(C)(C)C)C(OCC)OCC. The van der Waals surface area contributed by atoms with Crippen molar-refractivity contribution < 1.29 is 9.47 Å². The van der Waals surface area contributed by atoms with E-state index in [1.54, 1.807) is 0 Å². The van der Waals surface area contributed by atoms with E-state index in [2.05, 4.69) is 45.5 Å². The molecule has 19 heavy (non-hydrogen) atoms. The van der Waals surface area contributed by atoms with Crippen LogP contribution in [-0.2, 0) is 14.9 Å². The van der Waals surface area contributed by atoms with Crippen molar-refractivity contribution in [2.24, 2.45) is 0 Å². The van der Waals surface area contributed by atoms with Gasteiger partial charge in [0.05, 0.1) is 0 Å². The van der Waals surface area contributed by atoms with Crippen LogP contribution in [-0.4, -0.2) is 19.5 Å². The van der Waals surface area contributed by atoms with Gasteiger partial charge in [-0.05, 0) is 30.4 Å². The molecule has 0 saturated heterocycles. The van der Waals surface area contributed by atoms with Gasteiger partial charge in [-0.1, -0.05) is 51.6 Å². The van der Waals surface area contributed by atoms with Gasteiger partial charge in [0, 0.05) is 18.8 Å². The van der Waals surface area contributed by atoms with Crippen LogP contribution < -0.4 is 0 Å². The Morgan fingerprint density at radius 2 is 1.63 bits per heavy atom.